The van der Waals surface area contributed by atoms with Gasteiger partial charge in [-0.3, -0.25) is 9.59 Å². The number of hydrogen-bond acceptors (Lipinski definition) is 4. The summed E-state index contributed by atoms with van der Waals surface area (Å²) in [5, 5.41) is 3.72. The molecule has 2 aliphatic carbocycles. The lowest BCUT2D eigenvalue weighted by Crippen LogP contribution is -2.37. The Labute approximate surface area is 150 Å². The van der Waals surface area contributed by atoms with Crippen molar-refractivity contribution in [1.29, 1.82) is 0 Å². The molecule has 4 N–H and O–H groups in total. The van der Waals surface area contributed by atoms with E-state index in [4.69, 9.17) is 5.73 Å². The number of thiophene rings is 1. The van der Waals surface area contributed by atoms with Crippen molar-refractivity contribution in [2.24, 2.45) is 0 Å². The zero-order valence-electron chi connectivity index (χ0n) is 14.4. The Morgan fingerprint density at radius 3 is 2.64 bits per heavy atom. The Morgan fingerprint density at radius 2 is 1.96 bits per heavy atom. The number of aromatic nitrogens is 1. The summed E-state index contributed by atoms with van der Waals surface area (Å²) in [6, 6.07) is 2.41. The predicted molar refractivity (Wildman–Crippen MR) is 100 cm³/mol. The van der Waals surface area contributed by atoms with Gasteiger partial charge in [0.25, 0.3) is 11.8 Å². The number of nitrogens with one attached hydrogen (secondary N) is 2. The molecule has 25 heavy (non-hydrogen) atoms. The number of carbonyl (C=O) groups excluding carboxylic acids is 2. The highest BCUT2D eigenvalue weighted by Crippen LogP contribution is 2.34. The number of H-pyrrole nitrogens is 1. The van der Waals surface area contributed by atoms with Crippen LogP contribution < -0.4 is 11.1 Å². The van der Waals surface area contributed by atoms with Gasteiger partial charge in [0.15, 0.2) is 0 Å². The van der Waals surface area contributed by atoms with Crippen molar-refractivity contribution in [1.82, 2.24) is 15.2 Å². The fourth-order valence-corrected chi connectivity index (χ4v) is 4.70. The minimum atomic E-state index is -0.149. The van der Waals surface area contributed by atoms with Crippen molar-refractivity contribution < 1.29 is 9.59 Å². The number of rotatable bonds is 4. The molecule has 2 aromatic heterocycles. The number of hydrogen-bond donors (Lipinski definition) is 3. The Kier molecular flexibility index (Phi) is 4.19. The first-order valence-corrected chi connectivity index (χ1v) is 9.85. The van der Waals surface area contributed by atoms with E-state index in [0.29, 0.717) is 22.3 Å². The third-order valence-electron chi connectivity index (χ3n) is 5.31. The van der Waals surface area contributed by atoms with Crippen LogP contribution in [0.2, 0.25) is 0 Å². The van der Waals surface area contributed by atoms with Gasteiger partial charge in [-0.1, -0.05) is 19.3 Å². The average Bonchev–Trinajstić information content (AvgIpc) is 3.24. The number of nitrogens with two attached hydrogens (primary N) is 1. The molecule has 0 radical (unpaired) electrons. The third kappa shape index (κ3) is 3.13. The van der Waals surface area contributed by atoms with Crippen LogP contribution in [0.3, 0.4) is 0 Å². The summed E-state index contributed by atoms with van der Waals surface area (Å²) in [6.45, 7) is 0. The number of fused-ring (bicyclic) bond motifs is 1. The summed E-state index contributed by atoms with van der Waals surface area (Å²) < 4.78 is 0. The Balaban J connectivity index is 1.59. The number of carbonyl (C=O) groups is 2. The minimum Gasteiger partial charge on any atom is -0.385 e. The normalized spacial score (nSPS) is 18.4. The van der Waals surface area contributed by atoms with Crippen molar-refractivity contribution in [2.75, 3.05) is 12.8 Å². The monoisotopic (exact) mass is 360 g/mol. The number of aromatic amines is 1. The molecule has 2 aliphatic rings. The van der Waals surface area contributed by atoms with E-state index in [1.165, 1.54) is 30.6 Å². The van der Waals surface area contributed by atoms with Crippen LogP contribution in [0.5, 0.6) is 0 Å². The van der Waals surface area contributed by atoms with E-state index in [-0.39, 0.29) is 17.9 Å². The molecule has 2 amide bonds. The highest BCUT2D eigenvalue weighted by atomic mass is 32.1. The molecule has 0 atom stereocenters. The summed E-state index contributed by atoms with van der Waals surface area (Å²) in [5.74, 6) is 0.261. The second-order valence-corrected chi connectivity index (χ2v) is 8.27. The molecule has 4 rings (SSSR count). The maximum absolute atomic E-state index is 12.9. The summed E-state index contributed by atoms with van der Waals surface area (Å²) in [6.07, 6.45) is 7.85. The lowest BCUT2D eigenvalue weighted by atomic mass is 9.94. The van der Waals surface area contributed by atoms with E-state index in [1.807, 2.05) is 18.0 Å². The second-order valence-electron chi connectivity index (χ2n) is 7.22. The smallest absolute Gasteiger partial charge is 0.264 e. The van der Waals surface area contributed by atoms with E-state index in [2.05, 4.69) is 10.3 Å². The van der Waals surface area contributed by atoms with Crippen LogP contribution >= 0.6 is 11.3 Å². The number of nitrogens with zero attached hydrogens (tertiary/aromatic N) is 1. The van der Waals surface area contributed by atoms with Gasteiger partial charge in [0.1, 0.15) is 10.6 Å². The molecular formula is C18H24N4O2S. The van der Waals surface area contributed by atoms with Crippen LogP contribution in [0.15, 0.2) is 6.07 Å². The number of anilines is 1. The fourth-order valence-electron chi connectivity index (χ4n) is 3.64. The molecule has 0 spiro atoms. The van der Waals surface area contributed by atoms with Crippen molar-refractivity contribution in [3.63, 3.8) is 0 Å². The first-order chi connectivity index (χ1) is 12.0. The first kappa shape index (κ1) is 16.4. The van der Waals surface area contributed by atoms with Gasteiger partial charge in [-0.05, 0) is 31.7 Å². The highest BCUT2D eigenvalue weighted by molar-refractivity contribution is 7.20. The molecule has 6 nitrogen and oxygen atoms in total. The summed E-state index contributed by atoms with van der Waals surface area (Å²) in [7, 11) is 1.89. The standard InChI is InChI=1S/C18H24N4O2S/c1-22(11-5-3-2-4-6-11)18(24)13-9-12-14(15(19)21-17(12)25-13)16(23)20-10-7-8-10/h9-11,21H,2-8,19H2,1H3,(H,20,23). The molecule has 0 bridgehead atoms. The molecule has 0 unspecified atom stereocenters. The lowest BCUT2D eigenvalue weighted by Gasteiger charge is -2.30. The van der Waals surface area contributed by atoms with E-state index >= 15 is 0 Å². The first-order valence-electron chi connectivity index (χ1n) is 9.03. The molecule has 2 fully saturated rings. The van der Waals surface area contributed by atoms with E-state index in [0.717, 1.165) is 35.9 Å². The largest absolute Gasteiger partial charge is 0.385 e. The molecule has 7 heteroatoms. The van der Waals surface area contributed by atoms with Crippen LogP contribution in [-0.4, -0.2) is 40.8 Å². The number of nitrogen functional groups attached to an aromatic ring is 1. The van der Waals surface area contributed by atoms with Crippen molar-refractivity contribution >= 4 is 39.2 Å². The average molecular weight is 360 g/mol. The quantitative estimate of drug-likeness (QED) is 0.782. The van der Waals surface area contributed by atoms with Gasteiger partial charge in [-0.25, -0.2) is 0 Å². The van der Waals surface area contributed by atoms with E-state index in [1.54, 1.807) is 0 Å². The van der Waals surface area contributed by atoms with Crippen LogP contribution in [0.1, 0.15) is 65.0 Å². The van der Waals surface area contributed by atoms with Gasteiger partial charge in [-0.2, -0.15) is 0 Å². The molecule has 2 aromatic rings. The van der Waals surface area contributed by atoms with E-state index in [9.17, 15) is 9.59 Å². The molecule has 2 saturated carbocycles. The number of amides is 2. The zero-order chi connectivity index (χ0) is 17.6. The Bertz CT molecular complexity index is 815. The maximum Gasteiger partial charge on any atom is 0.264 e. The summed E-state index contributed by atoms with van der Waals surface area (Å²) >= 11 is 1.38. The van der Waals surface area contributed by atoms with Gasteiger partial charge in [0.05, 0.1) is 10.4 Å². The van der Waals surface area contributed by atoms with Crippen LogP contribution in [0.25, 0.3) is 10.2 Å². The Hall–Kier alpha value is -2.02. The highest BCUT2D eigenvalue weighted by Gasteiger charge is 2.29. The summed E-state index contributed by atoms with van der Waals surface area (Å²) in [5.41, 5.74) is 6.46. The molecule has 0 aliphatic heterocycles. The lowest BCUT2D eigenvalue weighted by molar-refractivity contribution is 0.0701. The van der Waals surface area contributed by atoms with Gasteiger partial charge >= 0.3 is 0 Å². The molecule has 134 valence electrons. The van der Waals surface area contributed by atoms with Crippen molar-refractivity contribution in [2.45, 2.75) is 57.0 Å². The second kappa shape index (κ2) is 6.37. The minimum absolute atomic E-state index is 0.0358. The van der Waals surface area contributed by atoms with Crippen LogP contribution in [-0.2, 0) is 0 Å². The van der Waals surface area contributed by atoms with Gasteiger partial charge in [0, 0.05) is 24.5 Å². The third-order valence-corrected chi connectivity index (χ3v) is 6.35. The van der Waals surface area contributed by atoms with Crippen molar-refractivity contribution in [3.05, 3.63) is 16.5 Å². The van der Waals surface area contributed by atoms with Crippen molar-refractivity contribution in [3.8, 4) is 0 Å². The topological polar surface area (TPSA) is 91.2 Å². The molecule has 0 saturated heterocycles. The van der Waals surface area contributed by atoms with Gasteiger partial charge < -0.3 is 20.9 Å². The maximum atomic E-state index is 12.9. The SMILES string of the molecule is CN(C(=O)c1cc2c(C(=O)NC3CC3)c(N)[nH]c2s1)C1CCCCC1. The van der Waals surface area contributed by atoms with Gasteiger partial charge in [0.2, 0.25) is 0 Å². The zero-order valence-corrected chi connectivity index (χ0v) is 15.2. The summed E-state index contributed by atoms with van der Waals surface area (Å²) in [4.78, 5) is 31.7. The van der Waals surface area contributed by atoms with E-state index < -0.39 is 0 Å². The molecule has 0 aromatic carbocycles. The molecule has 2 heterocycles. The van der Waals surface area contributed by atoms with Gasteiger partial charge in [-0.15, -0.1) is 11.3 Å². The molecular weight excluding hydrogens is 336 g/mol. The van der Waals surface area contributed by atoms with Crippen LogP contribution in [0.4, 0.5) is 5.82 Å². The Morgan fingerprint density at radius 1 is 1.24 bits per heavy atom. The predicted octanol–water partition coefficient (Wildman–Crippen LogP) is 3.11. The van der Waals surface area contributed by atoms with Crippen LogP contribution in [0, 0.1) is 0 Å². The fraction of sp³-hybridized carbons (Fsp3) is 0.556.